The lowest BCUT2D eigenvalue weighted by atomic mass is 9.97. The molecule has 0 N–H and O–H groups in total. The minimum absolute atomic E-state index is 0.283. The van der Waals surface area contributed by atoms with Crippen LogP contribution in [0.5, 0.6) is 0 Å². The summed E-state index contributed by atoms with van der Waals surface area (Å²) in [7, 11) is 0. The van der Waals surface area contributed by atoms with Crippen molar-refractivity contribution in [2.24, 2.45) is 0 Å². The highest BCUT2D eigenvalue weighted by molar-refractivity contribution is 9.10. The molecule has 0 bridgehead atoms. The number of alkyl halides is 3. The zero-order valence-corrected chi connectivity index (χ0v) is 11.8. The fraction of sp³-hybridized carbons (Fsp3) is 0.133. The summed E-state index contributed by atoms with van der Waals surface area (Å²) in [5.41, 5.74) is 0.927. The van der Waals surface area contributed by atoms with E-state index in [1.54, 1.807) is 24.3 Å². The highest BCUT2D eigenvalue weighted by atomic mass is 79.9. The normalized spacial score (nSPS) is 11.4. The van der Waals surface area contributed by atoms with Crippen molar-refractivity contribution in [2.75, 3.05) is 0 Å². The SMILES string of the molecule is O=C(c1ccccc1Cc1ccc(Br)cc1)C(F)(F)F. The maximum atomic E-state index is 12.6. The molecule has 0 saturated heterocycles. The van der Waals surface area contributed by atoms with Crippen molar-refractivity contribution in [3.8, 4) is 0 Å². The number of hydrogen-bond donors (Lipinski definition) is 0. The highest BCUT2D eigenvalue weighted by Crippen LogP contribution is 2.25. The van der Waals surface area contributed by atoms with Crippen LogP contribution in [0.2, 0.25) is 0 Å². The number of Topliss-reactive ketones (excluding diaryl/α,β-unsaturated/α-hetero) is 1. The summed E-state index contributed by atoms with van der Waals surface area (Å²) in [6.07, 6.45) is -4.57. The molecule has 0 radical (unpaired) electrons. The topological polar surface area (TPSA) is 17.1 Å². The number of hydrogen-bond acceptors (Lipinski definition) is 1. The van der Waals surface area contributed by atoms with Crippen molar-refractivity contribution in [1.82, 2.24) is 0 Å². The Morgan fingerprint density at radius 3 is 2.20 bits per heavy atom. The second-order valence-electron chi connectivity index (χ2n) is 4.29. The van der Waals surface area contributed by atoms with Gasteiger partial charge in [0.1, 0.15) is 0 Å². The molecule has 5 heteroatoms. The first-order chi connectivity index (χ1) is 9.38. The van der Waals surface area contributed by atoms with Gasteiger partial charge in [0, 0.05) is 10.0 Å². The van der Waals surface area contributed by atoms with E-state index < -0.39 is 12.0 Å². The molecule has 2 aromatic carbocycles. The molecule has 2 aromatic rings. The predicted octanol–water partition coefficient (Wildman–Crippen LogP) is 4.78. The van der Waals surface area contributed by atoms with Crippen LogP contribution >= 0.6 is 15.9 Å². The molecule has 104 valence electrons. The molecule has 0 fully saturated rings. The van der Waals surface area contributed by atoms with Crippen LogP contribution in [0.4, 0.5) is 13.2 Å². The van der Waals surface area contributed by atoms with E-state index in [1.165, 1.54) is 12.1 Å². The molecule has 20 heavy (non-hydrogen) atoms. The molecule has 0 aliphatic heterocycles. The van der Waals surface area contributed by atoms with E-state index in [-0.39, 0.29) is 12.0 Å². The first-order valence-electron chi connectivity index (χ1n) is 5.82. The second-order valence-corrected chi connectivity index (χ2v) is 5.20. The number of halogens is 4. The molecule has 0 atom stereocenters. The minimum Gasteiger partial charge on any atom is -0.284 e. The van der Waals surface area contributed by atoms with Gasteiger partial charge in [0.25, 0.3) is 5.78 Å². The fourth-order valence-electron chi connectivity index (χ4n) is 1.87. The van der Waals surface area contributed by atoms with Gasteiger partial charge in [-0.05, 0) is 29.7 Å². The molecular weight excluding hydrogens is 333 g/mol. The summed E-state index contributed by atoms with van der Waals surface area (Å²) >= 11 is 3.29. The van der Waals surface area contributed by atoms with E-state index in [9.17, 15) is 18.0 Å². The Morgan fingerprint density at radius 2 is 1.60 bits per heavy atom. The molecule has 1 nitrogen and oxygen atoms in total. The summed E-state index contributed by atoms with van der Waals surface area (Å²) in [6, 6.07) is 13.0. The second kappa shape index (κ2) is 5.79. The molecule has 0 saturated carbocycles. The van der Waals surface area contributed by atoms with Gasteiger partial charge in [-0.1, -0.05) is 52.3 Å². The number of benzene rings is 2. The van der Waals surface area contributed by atoms with Crippen LogP contribution < -0.4 is 0 Å². The van der Waals surface area contributed by atoms with Gasteiger partial charge in [0.15, 0.2) is 0 Å². The van der Waals surface area contributed by atoms with Crippen LogP contribution in [0.25, 0.3) is 0 Å². The van der Waals surface area contributed by atoms with E-state index in [1.807, 2.05) is 12.1 Å². The summed E-state index contributed by atoms with van der Waals surface area (Å²) < 4.78 is 38.5. The quantitative estimate of drug-likeness (QED) is 0.733. The van der Waals surface area contributed by atoms with Gasteiger partial charge < -0.3 is 0 Å². The van der Waals surface area contributed by atoms with Crippen molar-refractivity contribution in [2.45, 2.75) is 12.6 Å². The maximum Gasteiger partial charge on any atom is 0.454 e. The molecule has 0 spiro atoms. The van der Waals surface area contributed by atoms with E-state index in [0.29, 0.717) is 5.56 Å². The molecule has 0 unspecified atom stereocenters. The molecule has 0 aliphatic carbocycles. The van der Waals surface area contributed by atoms with E-state index >= 15 is 0 Å². The average molecular weight is 343 g/mol. The lowest BCUT2D eigenvalue weighted by Crippen LogP contribution is -2.24. The Kier molecular flexibility index (Phi) is 4.28. The molecule has 0 aromatic heterocycles. The van der Waals surface area contributed by atoms with E-state index in [0.717, 1.165) is 10.0 Å². The Balaban J connectivity index is 2.33. The largest absolute Gasteiger partial charge is 0.454 e. The van der Waals surface area contributed by atoms with Crippen LogP contribution in [-0.4, -0.2) is 12.0 Å². The van der Waals surface area contributed by atoms with Crippen LogP contribution in [-0.2, 0) is 6.42 Å². The third kappa shape index (κ3) is 3.48. The number of ketones is 1. The first kappa shape index (κ1) is 14.8. The van der Waals surface area contributed by atoms with Crippen molar-refractivity contribution in [3.63, 3.8) is 0 Å². The van der Waals surface area contributed by atoms with Crippen LogP contribution in [0, 0.1) is 0 Å². The molecular formula is C15H10BrF3O. The number of rotatable bonds is 3. The smallest absolute Gasteiger partial charge is 0.284 e. The summed E-state index contributed by atoms with van der Waals surface area (Å²) in [6.45, 7) is 0. The van der Waals surface area contributed by atoms with Crippen LogP contribution in [0.15, 0.2) is 53.0 Å². The van der Waals surface area contributed by atoms with Gasteiger partial charge >= 0.3 is 6.18 Å². The van der Waals surface area contributed by atoms with Crippen molar-refractivity contribution >= 4 is 21.7 Å². The Hall–Kier alpha value is -1.62. The van der Waals surface area contributed by atoms with Crippen molar-refractivity contribution in [1.29, 1.82) is 0 Å². The molecule has 2 rings (SSSR count). The predicted molar refractivity (Wildman–Crippen MR) is 73.8 cm³/mol. The van der Waals surface area contributed by atoms with Crippen LogP contribution in [0.1, 0.15) is 21.5 Å². The van der Waals surface area contributed by atoms with Gasteiger partial charge in [0.05, 0.1) is 0 Å². The van der Waals surface area contributed by atoms with Crippen molar-refractivity contribution in [3.05, 3.63) is 69.7 Å². The zero-order chi connectivity index (χ0) is 14.8. The molecule has 0 heterocycles. The Bertz CT molecular complexity index is 618. The van der Waals surface area contributed by atoms with Crippen LogP contribution in [0.3, 0.4) is 0 Å². The Morgan fingerprint density at radius 1 is 1.00 bits per heavy atom. The van der Waals surface area contributed by atoms with Gasteiger partial charge in [-0.15, -0.1) is 0 Å². The van der Waals surface area contributed by atoms with Gasteiger partial charge in [-0.3, -0.25) is 4.79 Å². The van der Waals surface area contributed by atoms with Gasteiger partial charge in [0.2, 0.25) is 0 Å². The minimum atomic E-state index is -4.85. The monoisotopic (exact) mass is 342 g/mol. The standard InChI is InChI=1S/C15H10BrF3O/c16-12-7-5-10(6-8-12)9-11-3-1-2-4-13(11)14(20)15(17,18)19/h1-8H,9H2. The number of carbonyl (C=O) groups excluding carboxylic acids is 1. The van der Waals surface area contributed by atoms with Crippen molar-refractivity contribution < 1.29 is 18.0 Å². The molecule has 0 aliphatic rings. The molecule has 0 amide bonds. The van der Waals surface area contributed by atoms with E-state index in [4.69, 9.17) is 0 Å². The third-order valence-corrected chi connectivity index (χ3v) is 3.36. The third-order valence-electron chi connectivity index (χ3n) is 2.83. The van der Waals surface area contributed by atoms with Gasteiger partial charge in [-0.2, -0.15) is 13.2 Å². The Labute approximate surface area is 122 Å². The lowest BCUT2D eigenvalue weighted by molar-refractivity contribution is -0.0885. The zero-order valence-electron chi connectivity index (χ0n) is 10.2. The number of carbonyl (C=O) groups is 1. The summed E-state index contributed by atoms with van der Waals surface area (Å²) in [4.78, 5) is 11.4. The summed E-state index contributed by atoms with van der Waals surface area (Å²) in [5, 5.41) is 0. The fourth-order valence-corrected chi connectivity index (χ4v) is 2.14. The summed E-state index contributed by atoms with van der Waals surface area (Å²) in [5.74, 6) is -1.80. The van der Waals surface area contributed by atoms with Gasteiger partial charge in [-0.25, -0.2) is 0 Å². The first-order valence-corrected chi connectivity index (χ1v) is 6.61. The maximum absolute atomic E-state index is 12.6. The average Bonchev–Trinajstić information content (AvgIpc) is 2.40. The van der Waals surface area contributed by atoms with E-state index in [2.05, 4.69) is 15.9 Å². The highest BCUT2D eigenvalue weighted by Gasteiger charge is 2.40. The lowest BCUT2D eigenvalue weighted by Gasteiger charge is -2.10.